The van der Waals surface area contributed by atoms with Gasteiger partial charge in [-0.25, -0.2) is 8.78 Å². The van der Waals surface area contributed by atoms with Crippen LogP contribution in [0, 0.1) is 17.6 Å². The summed E-state index contributed by atoms with van der Waals surface area (Å²) in [5.74, 6) is -0.408. The lowest BCUT2D eigenvalue weighted by molar-refractivity contribution is 0.0618. The molecule has 124 valence electrons. The largest absolute Gasteiger partial charge is 0.394 e. The average Bonchev–Trinajstić information content (AvgIpc) is 2.51. The summed E-state index contributed by atoms with van der Waals surface area (Å²) in [6.07, 6.45) is 3.90. The summed E-state index contributed by atoms with van der Waals surface area (Å²) in [6, 6.07) is 3.83. The second-order valence-electron chi connectivity index (χ2n) is 5.92. The molecule has 1 aliphatic heterocycles. The van der Waals surface area contributed by atoms with Crippen molar-refractivity contribution in [2.45, 2.75) is 25.7 Å². The smallest absolute Gasteiger partial charge is 0.129 e. The maximum Gasteiger partial charge on any atom is 0.129 e. The maximum atomic E-state index is 13.6. The third-order valence-electron chi connectivity index (χ3n) is 4.23. The normalized spacial score (nSPS) is 19.5. The van der Waals surface area contributed by atoms with E-state index in [9.17, 15) is 8.78 Å². The predicted octanol–water partition coefficient (Wildman–Crippen LogP) is 2.62. The molecule has 22 heavy (non-hydrogen) atoms. The minimum Gasteiger partial charge on any atom is -0.394 e. The number of hydrogen-bond donors (Lipinski definition) is 1. The molecule has 1 aromatic carbocycles. The van der Waals surface area contributed by atoms with Gasteiger partial charge in [-0.05, 0) is 49.8 Å². The number of nitrogens with zero attached hydrogens (tertiary/aromatic N) is 1. The Bertz CT molecular complexity index is 456. The molecule has 0 amide bonds. The zero-order valence-electron chi connectivity index (χ0n) is 12.9. The molecule has 0 bridgehead atoms. The van der Waals surface area contributed by atoms with E-state index < -0.39 is 11.6 Å². The summed E-state index contributed by atoms with van der Waals surface area (Å²) in [4.78, 5) is 2.37. The molecule has 1 fully saturated rings. The number of aliphatic hydroxyl groups excluding tert-OH is 1. The van der Waals surface area contributed by atoms with Gasteiger partial charge in [0, 0.05) is 19.2 Å². The lowest BCUT2D eigenvalue weighted by Gasteiger charge is -2.32. The van der Waals surface area contributed by atoms with Gasteiger partial charge in [-0.3, -0.25) is 0 Å². The number of ether oxygens (including phenoxy) is 1. The molecule has 0 saturated carbocycles. The summed E-state index contributed by atoms with van der Waals surface area (Å²) in [5.41, 5.74) is 0.602. The molecule has 1 saturated heterocycles. The van der Waals surface area contributed by atoms with Crippen LogP contribution in [0.4, 0.5) is 8.78 Å². The average molecular weight is 313 g/mol. The minimum atomic E-state index is -0.520. The van der Waals surface area contributed by atoms with Gasteiger partial charge in [0.2, 0.25) is 0 Å². The number of aryl methyl sites for hydroxylation is 1. The van der Waals surface area contributed by atoms with Crippen molar-refractivity contribution in [3.8, 4) is 0 Å². The van der Waals surface area contributed by atoms with E-state index in [4.69, 9.17) is 9.84 Å². The summed E-state index contributed by atoms with van der Waals surface area (Å²) >= 11 is 0. The van der Waals surface area contributed by atoms with Crippen LogP contribution >= 0.6 is 0 Å². The summed E-state index contributed by atoms with van der Waals surface area (Å²) in [7, 11) is 0. The van der Waals surface area contributed by atoms with E-state index >= 15 is 0 Å². The van der Waals surface area contributed by atoms with Crippen LogP contribution in [-0.4, -0.2) is 49.5 Å². The Morgan fingerprint density at radius 2 is 2.14 bits per heavy atom. The number of piperidine rings is 1. The Morgan fingerprint density at radius 3 is 2.91 bits per heavy atom. The standard InChI is InChI=1S/C17H25F2NO2/c18-16-6-5-15(17(19)12-16)4-3-14-2-1-7-20(13-14)8-10-22-11-9-21/h5-6,12,14,21H,1-4,7-11,13H2/t14-/m1/s1. The molecule has 3 nitrogen and oxygen atoms in total. The van der Waals surface area contributed by atoms with Crippen molar-refractivity contribution < 1.29 is 18.6 Å². The maximum absolute atomic E-state index is 13.6. The van der Waals surface area contributed by atoms with Crippen LogP contribution in [0.1, 0.15) is 24.8 Å². The molecule has 0 unspecified atom stereocenters. The van der Waals surface area contributed by atoms with E-state index in [1.807, 2.05) is 0 Å². The summed E-state index contributed by atoms with van der Waals surface area (Å²) in [6.45, 7) is 4.05. The number of aliphatic hydroxyl groups is 1. The van der Waals surface area contributed by atoms with Gasteiger partial charge < -0.3 is 14.7 Å². The van der Waals surface area contributed by atoms with E-state index in [-0.39, 0.29) is 6.61 Å². The Balaban J connectivity index is 1.73. The van der Waals surface area contributed by atoms with Gasteiger partial charge >= 0.3 is 0 Å². The van der Waals surface area contributed by atoms with Crippen LogP contribution in [0.15, 0.2) is 18.2 Å². The highest BCUT2D eigenvalue weighted by molar-refractivity contribution is 5.18. The molecule has 0 aliphatic carbocycles. The number of halogens is 2. The molecule has 5 heteroatoms. The third-order valence-corrected chi connectivity index (χ3v) is 4.23. The molecule has 1 heterocycles. The van der Waals surface area contributed by atoms with Gasteiger partial charge in [-0.1, -0.05) is 6.07 Å². The predicted molar refractivity (Wildman–Crippen MR) is 81.7 cm³/mol. The lowest BCUT2D eigenvalue weighted by atomic mass is 9.91. The van der Waals surface area contributed by atoms with Gasteiger partial charge in [0.05, 0.1) is 19.8 Å². The van der Waals surface area contributed by atoms with Crippen LogP contribution in [0.3, 0.4) is 0 Å². The summed E-state index contributed by atoms with van der Waals surface area (Å²) < 4.78 is 31.8. The Kier molecular flexibility index (Phi) is 7.22. The lowest BCUT2D eigenvalue weighted by Crippen LogP contribution is -2.37. The highest BCUT2D eigenvalue weighted by Gasteiger charge is 2.20. The van der Waals surface area contributed by atoms with E-state index in [1.54, 1.807) is 6.07 Å². The van der Waals surface area contributed by atoms with Crippen molar-refractivity contribution in [1.82, 2.24) is 4.90 Å². The molecule has 0 aromatic heterocycles. The third kappa shape index (κ3) is 5.63. The van der Waals surface area contributed by atoms with Crippen LogP contribution in [0.25, 0.3) is 0 Å². The molecule has 1 aliphatic rings. The Labute approximate surface area is 130 Å². The highest BCUT2D eigenvalue weighted by Crippen LogP contribution is 2.22. The van der Waals surface area contributed by atoms with Gasteiger partial charge in [-0.15, -0.1) is 0 Å². The van der Waals surface area contributed by atoms with Crippen LogP contribution < -0.4 is 0 Å². The van der Waals surface area contributed by atoms with E-state index in [1.165, 1.54) is 6.07 Å². The van der Waals surface area contributed by atoms with Crippen LogP contribution in [0.5, 0.6) is 0 Å². The molecule has 1 atom stereocenters. The Morgan fingerprint density at radius 1 is 1.27 bits per heavy atom. The van der Waals surface area contributed by atoms with Crippen LogP contribution in [-0.2, 0) is 11.2 Å². The first kappa shape index (κ1) is 17.3. The zero-order valence-corrected chi connectivity index (χ0v) is 12.9. The fraction of sp³-hybridized carbons (Fsp3) is 0.647. The first-order valence-electron chi connectivity index (χ1n) is 8.04. The zero-order chi connectivity index (χ0) is 15.8. The molecular formula is C17H25F2NO2. The monoisotopic (exact) mass is 313 g/mol. The number of rotatable bonds is 8. The highest BCUT2D eigenvalue weighted by atomic mass is 19.1. The molecular weight excluding hydrogens is 288 g/mol. The van der Waals surface area contributed by atoms with Gasteiger partial charge in [-0.2, -0.15) is 0 Å². The quantitative estimate of drug-likeness (QED) is 0.749. The van der Waals surface area contributed by atoms with Gasteiger partial charge in [0.25, 0.3) is 0 Å². The second-order valence-corrected chi connectivity index (χ2v) is 5.92. The number of likely N-dealkylation sites (tertiary alicyclic amines) is 1. The van der Waals surface area contributed by atoms with Crippen LogP contribution in [0.2, 0.25) is 0 Å². The van der Waals surface area contributed by atoms with E-state index in [0.717, 1.165) is 45.0 Å². The molecule has 1 aromatic rings. The van der Waals surface area contributed by atoms with E-state index in [0.29, 0.717) is 31.1 Å². The fourth-order valence-corrected chi connectivity index (χ4v) is 3.03. The van der Waals surface area contributed by atoms with Crippen molar-refractivity contribution in [2.24, 2.45) is 5.92 Å². The van der Waals surface area contributed by atoms with Crippen molar-refractivity contribution in [3.63, 3.8) is 0 Å². The topological polar surface area (TPSA) is 32.7 Å². The van der Waals surface area contributed by atoms with Crippen molar-refractivity contribution >= 4 is 0 Å². The molecule has 1 N–H and O–H groups in total. The van der Waals surface area contributed by atoms with Crippen molar-refractivity contribution in [3.05, 3.63) is 35.4 Å². The first-order chi connectivity index (χ1) is 10.7. The fourth-order valence-electron chi connectivity index (χ4n) is 3.03. The Hall–Kier alpha value is -1.04. The molecule has 2 rings (SSSR count). The molecule has 0 radical (unpaired) electrons. The van der Waals surface area contributed by atoms with Crippen molar-refractivity contribution in [1.29, 1.82) is 0 Å². The number of hydrogen-bond acceptors (Lipinski definition) is 3. The van der Waals surface area contributed by atoms with Crippen molar-refractivity contribution in [2.75, 3.05) is 39.5 Å². The first-order valence-corrected chi connectivity index (χ1v) is 8.04. The van der Waals surface area contributed by atoms with Gasteiger partial charge in [0.1, 0.15) is 11.6 Å². The second kappa shape index (κ2) is 9.18. The van der Waals surface area contributed by atoms with E-state index in [2.05, 4.69) is 4.90 Å². The SMILES string of the molecule is OCCOCCN1CCC[C@H](CCc2ccc(F)cc2F)C1. The van der Waals surface area contributed by atoms with Gasteiger partial charge in [0.15, 0.2) is 0 Å². The molecule has 0 spiro atoms. The summed E-state index contributed by atoms with van der Waals surface area (Å²) in [5, 5.41) is 8.67. The minimum absolute atomic E-state index is 0.0614. The number of benzene rings is 1.